The summed E-state index contributed by atoms with van der Waals surface area (Å²) in [5, 5.41) is 6.23. The zero-order valence-corrected chi connectivity index (χ0v) is 12.6. The Bertz CT molecular complexity index is 424. The van der Waals surface area contributed by atoms with Crippen molar-refractivity contribution in [3.8, 4) is 0 Å². The average molecular weight is 279 g/mol. The third-order valence-corrected chi connectivity index (χ3v) is 4.38. The number of carbonyl (C=O) groups excluding carboxylic acids is 1. The van der Waals surface area contributed by atoms with Crippen LogP contribution < -0.4 is 10.6 Å². The number of nitrogens with zero attached hydrogens (tertiary/aromatic N) is 1. The highest BCUT2D eigenvalue weighted by atomic mass is 16.3. The van der Waals surface area contributed by atoms with E-state index in [1.165, 1.54) is 19.3 Å². The highest BCUT2D eigenvalue weighted by Crippen LogP contribution is 2.35. The van der Waals surface area contributed by atoms with Crippen LogP contribution in [0.15, 0.2) is 22.8 Å². The van der Waals surface area contributed by atoms with E-state index in [1.54, 1.807) is 6.26 Å². The summed E-state index contributed by atoms with van der Waals surface area (Å²) in [6, 6.07) is 3.48. The van der Waals surface area contributed by atoms with Crippen LogP contribution in [-0.2, 0) is 11.3 Å². The van der Waals surface area contributed by atoms with Crippen LogP contribution in [0.5, 0.6) is 0 Å². The molecule has 1 aliphatic carbocycles. The molecule has 1 aromatic heterocycles. The van der Waals surface area contributed by atoms with Gasteiger partial charge in [0.1, 0.15) is 5.76 Å². The molecule has 1 heterocycles. The molecule has 112 valence electrons. The van der Waals surface area contributed by atoms with Crippen LogP contribution >= 0.6 is 0 Å². The van der Waals surface area contributed by atoms with Gasteiger partial charge in [0, 0.05) is 12.1 Å². The van der Waals surface area contributed by atoms with Gasteiger partial charge < -0.3 is 20.0 Å². The molecular formula is C15H25N3O2. The Morgan fingerprint density at radius 1 is 1.50 bits per heavy atom. The van der Waals surface area contributed by atoms with Gasteiger partial charge in [0.05, 0.1) is 18.8 Å². The van der Waals surface area contributed by atoms with Crippen molar-refractivity contribution in [3.63, 3.8) is 0 Å². The minimum absolute atomic E-state index is 0.00892. The fourth-order valence-corrected chi connectivity index (χ4v) is 2.54. The van der Waals surface area contributed by atoms with E-state index >= 15 is 0 Å². The minimum Gasteiger partial charge on any atom is -0.467 e. The van der Waals surface area contributed by atoms with Crippen LogP contribution in [0, 0.1) is 0 Å². The molecule has 2 rings (SSSR count). The Balaban J connectivity index is 1.73. The molecule has 2 N–H and O–H groups in total. The van der Waals surface area contributed by atoms with Crippen molar-refractivity contribution in [2.75, 3.05) is 20.6 Å². The van der Waals surface area contributed by atoms with Crippen LogP contribution in [0.4, 0.5) is 0 Å². The summed E-state index contributed by atoms with van der Waals surface area (Å²) in [6.07, 6.45) is 5.29. The first-order valence-electron chi connectivity index (χ1n) is 7.24. The molecule has 1 saturated carbocycles. The molecule has 1 fully saturated rings. The number of likely N-dealkylation sites (N-methyl/N-ethyl adjacent to an activating group) is 1. The zero-order chi connectivity index (χ0) is 14.6. The first kappa shape index (κ1) is 15.1. The summed E-state index contributed by atoms with van der Waals surface area (Å²) in [5.41, 5.74) is 0.232. The van der Waals surface area contributed by atoms with Crippen LogP contribution in [-0.4, -0.2) is 43.0 Å². The molecule has 0 spiro atoms. The Morgan fingerprint density at radius 3 is 2.75 bits per heavy atom. The van der Waals surface area contributed by atoms with Gasteiger partial charge in [-0.2, -0.15) is 0 Å². The van der Waals surface area contributed by atoms with Crippen LogP contribution in [0.1, 0.15) is 31.9 Å². The summed E-state index contributed by atoms with van der Waals surface area (Å²) >= 11 is 0. The maximum absolute atomic E-state index is 12.0. The van der Waals surface area contributed by atoms with Gasteiger partial charge in [-0.05, 0) is 52.4 Å². The highest BCUT2D eigenvalue weighted by molar-refractivity contribution is 5.81. The number of rotatable bonds is 7. The second-order valence-corrected chi connectivity index (χ2v) is 5.87. The SMILES string of the molecule is CC(NCC1(N(C)C)CCC1)C(=O)NCc1ccco1. The fourth-order valence-electron chi connectivity index (χ4n) is 2.54. The number of carbonyl (C=O) groups is 1. The Labute approximate surface area is 120 Å². The normalized spacial score (nSPS) is 18.6. The van der Waals surface area contributed by atoms with Gasteiger partial charge in [-0.3, -0.25) is 4.79 Å². The quantitative estimate of drug-likeness (QED) is 0.791. The van der Waals surface area contributed by atoms with E-state index in [4.69, 9.17) is 4.42 Å². The number of hydrogen-bond donors (Lipinski definition) is 2. The summed E-state index contributed by atoms with van der Waals surface area (Å²) in [6.45, 7) is 3.20. The van der Waals surface area contributed by atoms with E-state index < -0.39 is 0 Å². The van der Waals surface area contributed by atoms with Gasteiger partial charge in [0.25, 0.3) is 0 Å². The van der Waals surface area contributed by atoms with Crippen molar-refractivity contribution in [1.29, 1.82) is 0 Å². The summed E-state index contributed by atoms with van der Waals surface area (Å²) in [7, 11) is 4.23. The number of nitrogens with one attached hydrogen (secondary N) is 2. The predicted molar refractivity (Wildman–Crippen MR) is 78.3 cm³/mol. The van der Waals surface area contributed by atoms with Crippen molar-refractivity contribution in [1.82, 2.24) is 15.5 Å². The molecule has 0 saturated heterocycles. The number of furan rings is 1. The van der Waals surface area contributed by atoms with E-state index in [9.17, 15) is 4.79 Å². The van der Waals surface area contributed by atoms with Crippen molar-refractivity contribution in [2.45, 2.75) is 44.3 Å². The first-order valence-corrected chi connectivity index (χ1v) is 7.24. The summed E-state index contributed by atoms with van der Waals surface area (Å²) in [4.78, 5) is 14.3. The van der Waals surface area contributed by atoms with Crippen molar-refractivity contribution < 1.29 is 9.21 Å². The number of amides is 1. The molecule has 1 unspecified atom stereocenters. The number of hydrogen-bond acceptors (Lipinski definition) is 4. The van der Waals surface area contributed by atoms with Crippen LogP contribution in [0.25, 0.3) is 0 Å². The van der Waals surface area contributed by atoms with Gasteiger partial charge in [-0.15, -0.1) is 0 Å². The van der Waals surface area contributed by atoms with Gasteiger partial charge in [0.2, 0.25) is 5.91 Å². The molecule has 0 radical (unpaired) electrons. The maximum Gasteiger partial charge on any atom is 0.237 e. The van der Waals surface area contributed by atoms with E-state index in [-0.39, 0.29) is 17.5 Å². The van der Waals surface area contributed by atoms with Gasteiger partial charge in [0.15, 0.2) is 0 Å². The Hall–Kier alpha value is -1.33. The third kappa shape index (κ3) is 3.41. The fraction of sp³-hybridized carbons (Fsp3) is 0.667. The molecule has 5 heteroatoms. The molecule has 0 bridgehead atoms. The topological polar surface area (TPSA) is 57.5 Å². The Kier molecular flexibility index (Phi) is 4.83. The van der Waals surface area contributed by atoms with E-state index in [2.05, 4.69) is 29.6 Å². The molecule has 1 aromatic rings. The summed E-state index contributed by atoms with van der Waals surface area (Å²) < 4.78 is 5.19. The first-order chi connectivity index (χ1) is 9.53. The average Bonchev–Trinajstić information content (AvgIpc) is 2.86. The van der Waals surface area contributed by atoms with Gasteiger partial charge in [-0.25, -0.2) is 0 Å². The lowest BCUT2D eigenvalue weighted by molar-refractivity contribution is -0.123. The second kappa shape index (κ2) is 6.41. The maximum atomic E-state index is 12.0. The van der Waals surface area contributed by atoms with E-state index in [0.717, 1.165) is 12.3 Å². The van der Waals surface area contributed by atoms with Gasteiger partial charge >= 0.3 is 0 Å². The monoisotopic (exact) mass is 279 g/mol. The largest absolute Gasteiger partial charge is 0.467 e. The lowest BCUT2D eigenvalue weighted by atomic mass is 9.75. The van der Waals surface area contributed by atoms with Crippen LogP contribution in [0.3, 0.4) is 0 Å². The predicted octanol–water partition coefficient (Wildman–Crippen LogP) is 1.36. The smallest absolute Gasteiger partial charge is 0.237 e. The molecule has 1 aliphatic rings. The van der Waals surface area contributed by atoms with Gasteiger partial charge in [-0.1, -0.05) is 0 Å². The molecule has 0 aliphatic heterocycles. The lowest BCUT2D eigenvalue weighted by Gasteiger charge is -2.48. The minimum atomic E-state index is -0.192. The molecule has 1 atom stereocenters. The third-order valence-electron chi connectivity index (χ3n) is 4.38. The van der Waals surface area contributed by atoms with Crippen molar-refractivity contribution in [2.24, 2.45) is 0 Å². The molecule has 0 aromatic carbocycles. The van der Waals surface area contributed by atoms with Crippen molar-refractivity contribution >= 4 is 5.91 Å². The highest BCUT2D eigenvalue weighted by Gasteiger charge is 2.39. The molecule has 20 heavy (non-hydrogen) atoms. The molecule has 1 amide bonds. The van der Waals surface area contributed by atoms with E-state index in [1.807, 2.05) is 19.1 Å². The lowest BCUT2D eigenvalue weighted by Crippen LogP contribution is -2.58. The van der Waals surface area contributed by atoms with Crippen LogP contribution in [0.2, 0.25) is 0 Å². The van der Waals surface area contributed by atoms with E-state index in [0.29, 0.717) is 6.54 Å². The second-order valence-electron chi connectivity index (χ2n) is 5.87. The summed E-state index contributed by atoms with van der Waals surface area (Å²) in [5.74, 6) is 0.781. The zero-order valence-electron chi connectivity index (χ0n) is 12.6. The van der Waals surface area contributed by atoms with Crippen molar-refractivity contribution in [3.05, 3.63) is 24.2 Å². The standard InChI is InChI=1S/C15H25N3O2/c1-12(14(19)16-10-13-6-4-9-20-13)17-11-15(18(2)3)7-5-8-15/h4,6,9,12,17H,5,7-8,10-11H2,1-3H3,(H,16,19). The molecule has 5 nitrogen and oxygen atoms in total. The Morgan fingerprint density at radius 2 is 2.25 bits per heavy atom. The molecular weight excluding hydrogens is 254 g/mol.